The van der Waals surface area contributed by atoms with E-state index >= 15 is 0 Å². The van der Waals surface area contributed by atoms with E-state index in [1.165, 1.54) is 0 Å². The number of hydrogen-bond donors (Lipinski definition) is 2. The van der Waals surface area contributed by atoms with Crippen molar-refractivity contribution in [2.24, 2.45) is 11.8 Å². The van der Waals surface area contributed by atoms with Crippen molar-refractivity contribution in [2.75, 3.05) is 6.54 Å². The summed E-state index contributed by atoms with van der Waals surface area (Å²) in [4.78, 5) is 22.9. The fourth-order valence-electron chi connectivity index (χ4n) is 1.75. The molecule has 5 heteroatoms. The van der Waals surface area contributed by atoms with E-state index in [0.29, 0.717) is 17.9 Å². The van der Waals surface area contributed by atoms with E-state index in [-0.39, 0.29) is 43.4 Å². The monoisotopic (exact) mass is 287 g/mol. The first-order chi connectivity index (χ1) is 9.00. The molecule has 1 rings (SSSR count). The molecule has 0 aliphatic carbocycles. The van der Waals surface area contributed by atoms with Gasteiger partial charge in [0, 0.05) is 12.1 Å². The first-order valence-corrected chi connectivity index (χ1v) is 6.56. The van der Waals surface area contributed by atoms with Gasteiger partial charge in [-0.25, -0.2) is 0 Å². The van der Waals surface area contributed by atoms with Gasteiger partial charge in [-0.3, -0.25) is 9.59 Å². The standard InChI is InChI=1S/C15H21NO3.Na.H/c1-11(2)8-9-13(15(18)19)10-16-14(17)12-6-4-3-5-7-12;;/h3-7,11,13H,8-10H2,1-2H3,(H,16,17)(H,18,19);;/q;+1;-1. The van der Waals surface area contributed by atoms with Crippen molar-refractivity contribution in [2.45, 2.75) is 26.7 Å². The van der Waals surface area contributed by atoms with Crippen LogP contribution in [0.15, 0.2) is 30.3 Å². The maximum Gasteiger partial charge on any atom is 1.00 e. The number of carbonyl (C=O) groups is 2. The van der Waals surface area contributed by atoms with Gasteiger partial charge in [-0.2, -0.15) is 0 Å². The number of hydrogen-bond acceptors (Lipinski definition) is 2. The molecule has 0 aliphatic heterocycles. The smallest absolute Gasteiger partial charge is 1.00 e. The first-order valence-electron chi connectivity index (χ1n) is 6.56. The zero-order chi connectivity index (χ0) is 14.3. The van der Waals surface area contributed by atoms with Crippen LogP contribution in [0.2, 0.25) is 0 Å². The molecule has 20 heavy (non-hydrogen) atoms. The molecule has 0 radical (unpaired) electrons. The predicted molar refractivity (Wildman–Crippen MR) is 75.1 cm³/mol. The minimum Gasteiger partial charge on any atom is -1.00 e. The fourth-order valence-corrected chi connectivity index (χ4v) is 1.75. The van der Waals surface area contributed by atoms with Gasteiger partial charge in [0.25, 0.3) is 5.91 Å². The van der Waals surface area contributed by atoms with Gasteiger partial charge in [0.15, 0.2) is 0 Å². The molecule has 106 valence electrons. The Morgan fingerprint density at radius 3 is 2.30 bits per heavy atom. The van der Waals surface area contributed by atoms with E-state index in [2.05, 4.69) is 19.2 Å². The van der Waals surface area contributed by atoms with Crippen LogP contribution in [-0.2, 0) is 4.79 Å². The van der Waals surface area contributed by atoms with Gasteiger partial charge in [0.05, 0.1) is 5.92 Å². The van der Waals surface area contributed by atoms with Crippen LogP contribution in [0.25, 0.3) is 0 Å². The Morgan fingerprint density at radius 2 is 1.80 bits per heavy atom. The molecule has 0 bridgehead atoms. The third kappa shape index (κ3) is 7.08. The van der Waals surface area contributed by atoms with Crippen LogP contribution in [0, 0.1) is 11.8 Å². The van der Waals surface area contributed by atoms with Crippen LogP contribution in [0.3, 0.4) is 0 Å². The number of carbonyl (C=O) groups excluding carboxylic acids is 1. The minimum atomic E-state index is -0.853. The number of aliphatic carboxylic acids is 1. The summed E-state index contributed by atoms with van der Waals surface area (Å²) in [6, 6.07) is 8.81. The van der Waals surface area contributed by atoms with Crippen molar-refractivity contribution in [3.63, 3.8) is 0 Å². The van der Waals surface area contributed by atoms with Gasteiger partial charge in [-0.05, 0) is 24.5 Å². The summed E-state index contributed by atoms with van der Waals surface area (Å²) in [7, 11) is 0. The zero-order valence-electron chi connectivity index (χ0n) is 13.4. The van der Waals surface area contributed by atoms with Crippen LogP contribution in [0.5, 0.6) is 0 Å². The molecule has 1 amide bonds. The fraction of sp³-hybridized carbons (Fsp3) is 0.467. The first kappa shape index (κ1) is 19.2. The van der Waals surface area contributed by atoms with Crippen molar-refractivity contribution in [1.82, 2.24) is 5.32 Å². The van der Waals surface area contributed by atoms with Crippen molar-refractivity contribution in [1.29, 1.82) is 0 Å². The quantitative estimate of drug-likeness (QED) is 0.675. The van der Waals surface area contributed by atoms with Gasteiger partial charge < -0.3 is 11.8 Å². The van der Waals surface area contributed by atoms with Crippen molar-refractivity contribution in [3.8, 4) is 0 Å². The van der Waals surface area contributed by atoms with Crippen LogP contribution in [0.1, 0.15) is 38.5 Å². The molecule has 0 saturated heterocycles. The average molecular weight is 287 g/mol. The Bertz CT molecular complexity index is 426. The summed E-state index contributed by atoms with van der Waals surface area (Å²) in [5, 5.41) is 11.8. The van der Waals surface area contributed by atoms with Gasteiger partial charge >= 0.3 is 35.5 Å². The van der Waals surface area contributed by atoms with Crippen LogP contribution >= 0.6 is 0 Å². The molecule has 0 saturated carbocycles. The van der Waals surface area contributed by atoms with Crippen molar-refractivity contribution < 1.29 is 45.7 Å². The summed E-state index contributed by atoms with van der Waals surface area (Å²) >= 11 is 0. The molecule has 0 fully saturated rings. The Labute approximate surface area is 143 Å². The molecule has 4 nitrogen and oxygen atoms in total. The summed E-state index contributed by atoms with van der Waals surface area (Å²) in [6.45, 7) is 4.29. The zero-order valence-corrected chi connectivity index (χ0v) is 14.4. The van der Waals surface area contributed by atoms with Gasteiger partial charge in [0.2, 0.25) is 0 Å². The minimum absolute atomic E-state index is 0. The van der Waals surface area contributed by atoms with Gasteiger partial charge in [-0.1, -0.05) is 38.5 Å². The Kier molecular flexibility index (Phi) is 9.55. The normalized spacial score (nSPS) is 11.6. The number of carboxylic acids is 1. The van der Waals surface area contributed by atoms with Crippen molar-refractivity contribution in [3.05, 3.63) is 35.9 Å². The summed E-state index contributed by atoms with van der Waals surface area (Å²) in [5.74, 6) is -1.13. The molecule has 0 heterocycles. The number of rotatable bonds is 7. The van der Waals surface area contributed by atoms with Crippen LogP contribution in [0.4, 0.5) is 0 Å². The molecule has 1 atom stereocenters. The largest absolute Gasteiger partial charge is 1.00 e. The molecule has 1 unspecified atom stereocenters. The molecule has 2 N–H and O–H groups in total. The Balaban J connectivity index is 0. The second kappa shape index (κ2) is 9.97. The van der Waals surface area contributed by atoms with E-state index in [1.807, 2.05) is 6.07 Å². The second-order valence-corrected chi connectivity index (χ2v) is 5.08. The number of carboxylic acid groups (broad SMARTS) is 1. The van der Waals surface area contributed by atoms with E-state index in [0.717, 1.165) is 6.42 Å². The van der Waals surface area contributed by atoms with Crippen LogP contribution in [-0.4, -0.2) is 23.5 Å². The molecule has 1 aromatic carbocycles. The summed E-state index contributed by atoms with van der Waals surface area (Å²) in [6.07, 6.45) is 1.43. The molecule has 0 spiro atoms. The SMILES string of the molecule is CC(C)CCC(CNC(=O)c1ccccc1)C(=O)O.[H-].[Na+]. The van der Waals surface area contributed by atoms with Gasteiger partial charge in [0.1, 0.15) is 0 Å². The maximum absolute atomic E-state index is 11.8. The second-order valence-electron chi connectivity index (χ2n) is 5.08. The molecule has 0 aliphatic rings. The molecule has 1 aromatic rings. The number of benzene rings is 1. The number of nitrogens with one attached hydrogen (secondary N) is 1. The Morgan fingerprint density at radius 1 is 1.20 bits per heavy atom. The third-order valence-electron chi connectivity index (χ3n) is 2.99. The molecule has 0 aromatic heterocycles. The van der Waals surface area contributed by atoms with E-state index < -0.39 is 11.9 Å². The van der Waals surface area contributed by atoms with Crippen LogP contribution < -0.4 is 34.9 Å². The third-order valence-corrected chi connectivity index (χ3v) is 2.99. The van der Waals surface area contributed by atoms with E-state index in [1.54, 1.807) is 24.3 Å². The summed E-state index contributed by atoms with van der Waals surface area (Å²) in [5.41, 5.74) is 0.551. The average Bonchev–Trinajstić information content (AvgIpc) is 2.38. The van der Waals surface area contributed by atoms with Crippen molar-refractivity contribution >= 4 is 11.9 Å². The number of amides is 1. The van der Waals surface area contributed by atoms with Gasteiger partial charge in [-0.15, -0.1) is 0 Å². The van der Waals surface area contributed by atoms with E-state index in [9.17, 15) is 9.59 Å². The predicted octanol–water partition coefficient (Wildman–Crippen LogP) is -0.330. The van der Waals surface area contributed by atoms with E-state index in [4.69, 9.17) is 5.11 Å². The maximum atomic E-state index is 11.8. The summed E-state index contributed by atoms with van der Waals surface area (Å²) < 4.78 is 0. The topological polar surface area (TPSA) is 66.4 Å². The Hall–Kier alpha value is -0.840. The molecular weight excluding hydrogens is 265 g/mol. The molecular formula is C15H22NNaO3.